The van der Waals surface area contributed by atoms with Gasteiger partial charge in [-0.05, 0) is 37.0 Å². The fourth-order valence-electron chi connectivity index (χ4n) is 4.09. The van der Waals surface area contributed by atoms with E-state index in [1.807, 2.05) is 0 Å². The molecule has 1 heterocycles. The minimum atomic E-state index is -1.11. The Labute approximate surface area is 169 Å². The number of fused-ring (bicyclic) bond motifs is 1. The molecule has 1 amide bonds. The lowest BCUT2D eigenvalue weighted by atomic mass is 9.96. The third-order valence-corrected chi connectivity index (χ3v) is 5.68. The molecule has 1 atom stereocenters. The molecule has 1 aromatic heterocycles. The normalized spacial score (nSPS) is 16.2. The van der Waals surface area contributed by atoms with E-state index in [1.54, 1.807) is 24.3 Å². The van der Waals surface area contributed by atoms with E-state index in [9.17, 15) is 19.5 Å². The molecule has 1 saturated carbocycles. The summed E-state index contributed by atoms with van der Waals surface area (Å²) in [7, 11) is 1.21. The highest BCUT2D eigenvalue weighted by atomic mass is 16.5. The van der Waals surface area contributed by atoms with Crippen LogP contribution in [0.15, 0.2) is 35.3 Å². The first kappa shape index (κ1) is 21.0. The Balaban J connectivity index is 1.84. The zero-order valence-electron chi connectivity index (χ0n) is 16.7. The Bertz CT molecular complexity index is 928. The van der Waals surface area contributed by atoms with Gasteiger partial charge in [0.1, 0.15) is 0 Å². The molecule has 3 rings (SSSR count). The molecule has 7 heteroatoms. The first-order valence-corrected chi connectivity index (χ1v) is 10.2. The second-order valence-electron chi connectivity index (χ2n) is 7.63. The number of ether oxygens (including phenoxy) is 1. The molecule has 1 unspecified atom stereocenters. The number of rotatable bonds is 6. The smallest absolute Gasteiger partial charge is 0.331 e. The third kappa shape index (κ3) is 4.85. The van der Waals surface area contributed by atoms with Gasteiger partial charge in [0, 0.05) is 29.1 Å². The van der Waals surface area contributed by atoms with Gasteiger partial charge in [-0.1, -0.05) is 31.7 Å². The maximum absolute atomic E-state index is 12.9. The van der Waals surface area contributed by atoms with Crippen molar-refractivity contribution in [3.63, 3.8) is 0 Å². The summed E-state index contributed by atoms with van der Waals surface area (Å²) >= 11 is 0. The van der Waals surface area contributed by atoms with Crippen LogP contribution in [-0.4, -0.2) is 35.3 Å². The molecule has 0 radical (unpaired) electrons. The molecule has 1 aromatic carbocycles. The van der Waals surface area contributed by atoms with Crippen molar-refractivity contribution in [2.45, 2.75) is 51.0 Å². The van der Waals surface area contributed by atoms with Crippen LogP contribution in [0.25, 0.3) is 10.8 Å². The maximum atomic E-state index is 12.9. The van der Waals surface area contributed by atoms with Crippen molar-refractivity contribution in [1.29, 1.82) is 0 Å². The first-order chi connectivity index (χ1) is 14.0. The van der Waals surface area contributed by atoms with Crippen LogP contribution in [0.3, 0.4) is 0 Å². The largest absolute Gasteiger partial charge is 0.467 e. The van der Waals surface area contributed by atoms with Crippen LogP contribution in [-0.2, 0) is 14.3 Å². The number of hydrogen-bond acceptors (Lipinski definition) is 5. The number of esters is 1. The molecule has 7 nitrogen and oxygen atoms in total. The van der Waals surface area contributed by atoms with Gasteiger partial charge in [0.05, 0.1) is 13.7 Å². The summed E-state index contributed by atoms with van der Waals surface area (Å²) in [4.78, 5) is 37.3. The molecule has 1 aliphatic rings. The van der Waals surface area contributed by atoms with Crippen LogP contribution < -0.4 is 10.9 Å². The Morgan fingerprint density at radius 1 is 1.17 bits per heavy atom. The molecular formula is C22H28N2O5. The molecule has 1 aliphatic carbocycles. The molecule has 156 valence electrons. The molecule has 2 N–H and O–H groups in total. The Morgan fingerprint density at radius 2 is 1.90 bits per heavy atom. The summed E-state index contributed by atoms with van der Waals surface area (Å²) in [6.45, 7) is -0.546. The number of aromatic nitrogens is 1. The molecule has 1 fully saturated rings. The standard InChI is InChI=1S/C22H28N2O5/c1-29-22(28)19(14-25)24-12-11-16-17(21(24)27)9-6-10-18(16)23-20(26)13-15-7-4-2-3-5-8-15/h6,9-12,15,19,25H,2-5,7-8,13-14H2,1H3,(H,23,26). The fraction of sp³-hybridized carbons (Fsp3) is 0.500. The highest BCUT2D eigenvalue weighted by molar-refractivity contribution is 6.01. The molecule has 2 aromatic rings. The summed E-state index contributed by atoms with van der Waals surface area (Å²) in [5, 5.41) is 13.4. The number of methoxy groups -OCH3 is 1. The summed E-state index contributed by atoms with van der Waals surface area (Å²) in [5.74, 6) is -0.326. The zero-order chi connectivity index (χ0) is 20.8. The Hall–Kier alpha value is -2.67. The predicted molar refractivity (Wildman–Crippen MR) is 111 cm³/mol. The average Bonchev–Trinajstić information content (AvgIpc) is 2.99. The van der Waals surface area contributed by atoms with E-state index in [-0.39, 0.29) is 5.91 Å². The van der Waals surface area contributed by atoms with Gasteiger partial charge in [-0.25, -0.2) is 4.79 Å². The van der Waals surface area contributed by atoms with Crippen molar-refractivity contribution in [3.8, 4) is 0 Å². The lowest BCUT2D eigenvalue weighted by molar-refractivity contribution is -0.145. The minimum absolute atomic E-state index is 0.0450. The van der Waals surface area contributed by atoms with E-state index in [1.165, 1.54) is 39.0 Å². The number of aliphatic hydroxyl groups excluding tert-OH is 1. The van der Waals surface area contributed by atoms with Crippen molar-refractivity contribution in [1.82, 2.24) is 4.57 Å². The van der Waals surface area contributed by atoms with E-state index >= 15 is 0 Å². The average molecular weight is 400 g/mol. The van der Waals surface area contributed by atoms with Gasteiger partial charge in [-0.2, -0.15) is 0 Å². The van der Waals surface area contributed by atoms with Gasteiger partial charge in [0.25, 0.3) is 5.56 Å². The highest BCUT2D eigenvalue weighted by Gasteiger charge is 2.22. The monoisotopic (exact) mass is 400 g/mol. The molecule has 0 bridgehead atoms. The quantitative estimate of drug-likeness (QED) is 0.574. The molecule has 0 aliphatic heterocycles. The number of carbonyl (C=O) groups excluding carboxylic acids is 2. The Morgan fingerprint density at radius 3 is 2.55 bits per heavy atom. The number of benzene rings is 1. The van der Waals surface area contributed by atoms with Crippen molar-refractivity contribution in [2.75, 3.05) is 19.0 Å². The first-order valence-electron chi connectivity index (χ1n) is 10.2. The fourth-order valence-corrected chi connectivity index (χ4v) is 4.09. The number of pyridine rings is 1. The van der Waals surface area contributed by atoms with Gasteiger partial charge in [0.2, 0.25) is 5.91 Å². The molecule has 0 spiro atoms. The van der Waals surface area contributed by atoms with E-state index in [0.29, 0.717) is 28.8 Å². The summed E-state index contributed by atoms with van der Waals surface area (Å²) in [5.41, 5.74) is 0.149. The number of anilines is 1. The number of hydrogen-bond donors (Lipinski definition) is 2. The number of nitrogens with zero attached hydrogens (tertiary/aromatic N) is 1. The molecule has 0 saturated heterocycles. The lowest BCUT2D eigenvalue weighted by Gasteiger charge is -2.17. The number of amides is 1. The van der Waals surface area contributed by atoms with Crippen LogP contribution >= 0.6 is 0 Å². The predicted octanol–water partition coefficient (Wildman–Crippen LogP) is 3.01. The van der Waals surface area contributed by atoms with Crippen molar-refractivity contribution in [2.24, 2.45) is 5.92 Å². The van der Waals surface area contributed by atoms with Crippen molar-refractivity contribution < 1.29 is 19.4 Å². The topological polar surface area (TPSA) is 97.6 Å². The second kappa shape index (κ2) is 9.69. The van der Waals surface area contributed by atoms with Crippen LogP contribution in [0, 0.1) is 5.92 Å². The highest BCUT2D eigenvalue weighted by Crippen LogP contribution is 2.27. The van der Waals surface area contributed by atoms with Gasteiger partial charge in [-0.3, -0.25) is 14.2 Å². The van der Waals surface area contributed by atoms with Crippen molar-refractivity contribution >= 4 is 28.3 Å². The lowest BCUT2D eigenvalue weighted by Crippen LogP contribution is -2.32. The van der Waals surface area contributed by atoms with E-state index < -0.39 is 24.2 Å². The molecular weight excluding hydrogens is 372 g/mol. The van der Waals surface area contributed by atoms with Crippen LogP contribution in [0.4, 0.5) is 5.69 Å². The van der Waals surface area contributed by atoms with Crippen molar-refractivity contribution in [3.05, 3.63) is 40.8 Å². The zero-order valence-corrected chi connectivity index (χ0v) is 16.7. The number of nitrogens with one attached hydrogen (secondary N) is 1. The maximum Gasteiger partial charge on any atom is 0.331 e. The van der Waals surface area contributed by atoms with Gasteiger partial charge < -0.3 is 15.2 Å². The van der Waals surface area contributed by atoms with E-state index in [2.05, 4.69) is 10.1 Å². The van der Waals surface area contributed by atoms with E-state index in [4.69, 9.17) is 0 Å². The SMILES string of the molecule is COC(=O)C(CO)n1ccc2c(NC(=O)CC3CCCCCC3)cccc2c1=O. The van der Waals surface area contributed by atoms with Gasteiger partial charge in [-0.15, -0.1) is 0 Å². The minimum Gasteiger partial charge on any atom is -0.467 e. The van der Waals surface area contributed by atoms with Crippen LogP contribution in [0.2, 0.25) is 0 Å². The van der Waals surface area contributed by atoms with Crippen LogP contribution in [0.1, 0.15) is 51.0 Å². The van der Waals surface area contributed by atoms with Gasteiger partial charge >= 0.3 is 5.97 Å². The van der Waals surface area contributed by atoms with Gasteiger partial charge in [0.15, 0.2) is 6.04 Å². The third-order valence-electron chi connectivity index (χ3n) is 5.68. The number of aliphatic hydroxyl groups is 1. The van der Waals surface area contributed by atoms with Crippen LogP contribution in [0.5, 0.6) is 0 Å². The summed E-state index contributed by atoms with van der Waals surface area (Å²) in [6, 6.07) is 5.66. The van der Waals surface area contributed by atoms with E-state index in [0.717, 1.165) is 17.4 Å². The second-order valence-corrected chi connectivity index (χ2v) is 7.63. The summed E-state index contributed by atoms with van der Waals surface area (Å²) < 4.78 is 5.82. The number of carbonyl (C=O) groups is 2. The Kier molecular flexibility index (Phi) is 7.04. The molecule has 29 heavy (non-hydrogen) atoms. The summed E-state index contributed by atoms with van der Waals surface area (Å²) in [6.07, 6.45) is 8.96.